The molecule has 1 aromatic heterocycles. The van der Waals surface area contributed by atoms with Gasteiger partial charge >= 0.3 is 6.36 Å². The molecule has 2 heterocycles. The number of benzene rings is 1. The lowest BCUT2D eigenvalue weighted by Gasteiger charge is -2.34. The smallest absolute Gasteiger partial charge is 0.472 e. The summed E-state index contributed by atoms with van der Waals surface area (Å²) in [5.41, 5.74) is 1.28. The number of hydrogen-bond acceptors (Lipinski definition) is 5. The normalized spacial score (nSPS) is 15.1. The summed E-state index contributed by atoms with van der Waals surface area (Å²) in [6.45, 7) is 3.26. The number of alkyl halides is 3. The molecule has 0 atom stereocenters. The molecule has 0 bridgehead atoms. The van der Waals surface area contributed by atoms with Crippen molar-refractivity contribution < 1.29 is 31.9 Å². The average molecular weight is 425 g/mol. The van der Waals surface area contributed by atoms with Gasteiger partial charge in [-0.2, -0.15) is 0 Å². The van der Waals surface area contributed by atoms with E-state index in [4.69, 9.17) is 4.42 Å². The number of amides is 2. The third-order valence-electron chi connectivity index (χ3n) is 4.70. The Hall–Kier alpha value is -3.01. The van der Waals surface area contributed by atoms with Crippen LogP contribution in [0, 0.1) is 0 Å². The predicted octanol–water partition coefficient (Wildman–Crippen LogP) is 2.64. The van der Waals surface area contributed by atoms with Gasteiger partial charge < -0.3 is 19.4 Å². The third-order valence-corrected chi connectivity index (χ3v) is 4.70. The average Bonchev–Trinajstić information content (AvgIpc) is 3.24. The number of piperazine rings is 1. The van der Waals surface area contributed by atoms with Gasteiger partial charge in [-0.3, -0.25) is 14.5 Å². The Morgan fingerprint density at radius 1 is 1.07 bits per heavy atom. The first-order valence-electron chi connectivity index (χ1n) is 9.45. The summed E-state index contributed by atoms with van der Waals surface area (Å²) in [5, 5.41) is 2.68. The van der Waals surface area contributed by atoms with Gasteiger partial charge in [-0.05, 0) is 23.8 Å². The van der Waals surface area contributed by atoms with Crippen LogP contribution in [-0.4, -0.2) is 60.7 Å². The van der Waals surface area contributed by atoms with Gasteiger partial charge in [0, 0.05) is 45.7 Å². The fourth-order valence-electron chi connectivity index (χ4n) is 3.15. The number of ether oxygens (including phenoxy) is 1. The highest BCUT2D eigenvalue weighted by Gasteiger charge is 2.31. The first-order valence-corrected chi connectivity index (χ1v) is 9.45. The molecule has 0 saturated carbocycles. The summed E-state index contributed by atoms with van der Waals surface area (Å²) < 4.78 is 45.3. The fraction of sp³-hybridized carbons (Fsp3) is 0.400. The van der Waals surface area contributed by atoms with Gasteiger partial charge in [0.15, 0.2) is 0 Å². The monoisotopic (exact) mass is 425 g/mol. The van der Waals surface area contributed by atoms with Gasteiger partial charge in [0.05, 0.1) is 11.8 Å². The van der Waals surface area contributed by atoms with Crippen molar-refractivity contribution in [2.45, 2.75) is 19.3 Å². The van der Waals surface area contributed by atoms with Crippen molar-refractivity contribution in [3.63, 3.8) is 0 Å². The van der Waals surface area contributed by atoms with Gasteiger partial charge in [-0.25, -0.2) is 0 Å². The third kappa shape index (κ3) is 6.51. The molecule has 1 aliphatic heterocycles. The van der Waals surface area contributed by atoms with E-state index in [1.807, 2.05) is 0 Å². The number of halogens is 3. The summed E-state index contributed by atoms with van der Waals surface area (Å²) in [6.07, 6.45) is -1.74. The van der Waals surface area contributed by atoms with Crippen LogP contribution < -0.4 is 10.1 Å². The van der Waals surface area contributed by atoms with Crippen LogP contribution >= 0.6 is 0 Å². The van der Waals surface area contributed by atoms with E-state index in [-0.39, 0.29) is 30.5 Å². The van der Waals surface area contributed by atoms with Crippen molar-refractivity contribution in [1.82, 2.24) is 15.1 Å². The Kier molecular flexibility index (Phi) is 6.99. The highest BCUT2D eigenvalue weighted by atomic mass is 19.4. The molecule has 3 rings (SSSR count). The van der Waals surface area contributed by atoms with Crippen molar-refractivity contribution in [3.8, 4) is 5.75 Å². The van der Waals surface area contributed by atoms with E-state index < -0.39 is 6.36 Å². The maximum atomic E-state index is 12.3. The maximum Gasteiger partial charge on any atom is 0.573 e. The Morgan fingerprint density at radius 2 is 1.77 bits per heavy atom. The number of rotatable bonds is 7. The van der Waals surface area contributed by atoms with Crippen molar-refractivity contribution >= 4 is 11.8 Å². The van der Waals surface area contributed by atoms with Crippen LogP contribution in [0.3, 0.4) is 0 Å². The molecular formula is C20H22F3N3O4. The van der Waals surface area contributed by atoms with Crippen molar-refractivity contribution in [2.24, 2.45) is 0 Å². The van der Waals surface area contributed by atoms with Crippen LogP contribution in [-0.2, 0) is 11.3 Å². The van der Waals surface area contributed by atoms with E-state index in [0.29, 0.717) is 38.3 Å². The molecule has 1 N–H and O–H groups in total. The van der Waals surface area contributed by atoms with Gasteiger partial charge in [0.2, 0.25) is 5.91 Å². The lowest BCUT2D eigenvalue weighted by molar-refractivity contribution is -0.274. The topological polar surface area (TPSA) is 75.0 Å². The lowest BCUT2D eigenvalue weighted by Crippen LogP contribution is -2.48. The minimum atomic E-state index is -4.70. The second-order valence-electron chi connectivity index (χ2n) is 6.87. The summed E-state index contributed by atoms with van der Waals surface area (Å²) in [7, 11) is 0. The number of carbonyl (C=O) groups excluding carboxylic acids is 2. The zero-order chi connectivity index (χ0) is 21.6. The number of nitrogens with one attached hydrogen (secondary N) is 1. The molecule has 0 aliphatic carbocycles. The Bertz CT molecular complexity index is 830. The Labute approximate surface area is 171 Å². The second-order valence-corrected chi connectivity index (χ2v) is 6.87. The predicted molar refractivity (Wildman–Crippen MR) is 101 cm³/mol. The summed E-state index contributed by atoms with van der Waals surface area (Å²) in [4.78, 5) is 28.0. The molecule has 0 unspecified atom stereocenters. The molecule has 0 radical (unpaired) electrons. The van der Waals surface area contributed by atoms with E-state index in [1.54, 1.807) is 23.1 Å². The van der Waals surface area contributed by atoms with Gasteiger partial charge in [-0.1, -0.05) is 12.1 Å². The molecule has 30 heavy (non-hydrogen) atoms. The van der Waals surface area contributed by atoms with Crippen molar-refractivity contribution in [3.05, 3.63) is 54.0 Å². The van der Waals surface area contributed by atoms with Crippen LogP contribution in [0.15, 0.2) is 47.3 Å². The lowest BCUT2D eigenvalue weighted by atomic mass is 10.2. The largest absolute Gasteiger partial charge is 0.573 e. The molecule has 1 fully saturated rings. The minimum Gasteiger partial charge on any atom is -0.472 e. The maximum absolute atomic E-state index is 12.3. The van der Waals surface area contributed by atoms with E-state index in [1.165, 1.54) is 24.7 Å². The number of carbonyl (C=O) groups is 2. The molecule has 1 aromatic carbocycles. The highest BCUT2D eigenvalue weighted by molar-refractivity contribution is 5.94. The molecule has 2 amide bonds. The van der Waals surface area contributed by atoms with Gasteiger partial charge in [0.25, 0.3) is 5.91 Å². The minimum absolute atomic E-state index is 0.0317. The van der Waals surface area contributed by atoms with Crippen LogP contribution in [0.2, 0.25) is 0 Å². The number of hydrogen-bond donors (Lipinski definition) is 1. The molecular weight excluding hydrogens is 403 g/mol. The van der Waals surface area contributed by atoms with E-state index in [0.717, 1.165) is 5.56 Å². The summed E-state index contributed by atoms with van der Waals surface area (Å²) in [5.74, 6) is -0.564. The van der Waals surface area contributed by atoms with E-state index in [9.17, 15) is 22.8 Å². The van der Waals surface area contributed by atoms with Crippen LogP contribution in [0.5, 0.6) is 5.75 Å². The highest BCUT2D eigenvalue weighted by Crippen LogP contribution is 2.23. The standard InChI is InChI=1S/C20H22F3N3O4/c21-20(22,23)30-17-3-1-15(2-4-17)13-25-8-10-26(11-9-25)18(27)5-7-24-19(28)16-6-12-29-14-16/h1-4,6,12,14H,5,7-11,13H2,(H,24,28). The van der Waals surface area contributed by atoms with Gasteiger partial charge in [-0.15, -0.1) is 13.2 Å². The molecule has 2 aromatic rings. The molecule has 0 spiro atoms. The number of furan rings is 1. The molecule has 1 saturated heterocycles. The van der Waals surface area contributed by atoms with E-state index in [2.05, 4.69) is 15.0 Å². The number of nitrogens with zero attached hydrogens (tertiary/aromatic N) is 2. The Balaban J connectivity index is 1.37. The summed E-state index contributed by atoms with van der Waals surface area (Å²) in [6, 6.07) is 7.33. The van der Waals surface area contributed by atoms with E-state index >= 15 is 0 Å². The molecule has 10 heteroatoms. The molecule has 1 aliphatic rings. The zero-order valence-corrected chi connectivity index (χ0v) is 16.2. The van der Waals surface area contributed by atoms with Crippen LogP contribution in [0.25, 0.3) is 0 Å². The molecule has 7 nitrogen and oxygen atoms in total. The molecule has 162 valence electrons. The summed E-state index contributed by atoms with van der Waals surface area (Å²) >= 11 is 0. The Morgan fingerprint density at radius 3 is 2.37 bits per heavy atom. The zero-order valence-electron chi connectivity index (χ0n) is 16.2. The van der Waals surface area contributed by atoms with Crippen LogP contribution in [0.1, 0.15) is 22.3 Å². The first kappa shape index (κ1) is 21.7. The van der Waals surface area contributed by atoms with Gasteiger partial charge in [0.1, 0.15) is 12.0 Å². The van der Waals surface area contributed by atoms with Crippen LogP contribution in [0.4, 0.5) is 13.2 Å². The SMILES string of the molecule is O=C(NCCC(=O)N1CCN(Cc2ccc(OC(F)(F)F)cc2)CC1)c1ccoc1. The first-order chi connectivity index (χ1) is 14.3. The second kappa shape index (κ2) is 9.66. The quantitative estimate of drug-likeness (QED) is 0.738. The van der Waals surface area contributed by atoms with Crippen molar-refractivity contribution in [2.75, 3.05) is 32.7 Å². The fourth-order valence-corrected chi connectivity index (χ4v) is 3.15. The van der Waals surface area contributed by atoms with Crippen molar-refractivity contribution in [1.29, 1.82) is 0 Å².